The molecule has 1 N–H and O–H groups in total. The van der Waals surface area contributed by atoms with Crippen molar-refractivity contribution in [2.45, 2.75) is 71.6 Å². The first-order valence-corrected chi connectivity index (χ1v) is 8.33. The van der Waals surface area contributed by atoms with Crippen LogP contribution in [0, 0.1) is 5.92 Å². The van der Waals surface area contributed by atoms with Gasteiger partial charge in [0.2, 0.25) is 0 Å². The second-order valence-corrected chi connectivity index (χ2v) is 5.62. The highest BCUT2D eigenvalue weighted by atomic mass is 16.4. The van der Waals surface area contributed by atoms with Gasteiger partial charge in [-0.3, -0.25) is 4.79 Å². The topological polar surface area (TPSA) is 37.3 Å². The summed E-state index contributed by atoms with van der Waals surface area (Å²) in [4.78, 5) is 10.5. The Labute approximate surface area is 130 Å². The second kappa shape index (κ2) is 15.1. The molecule has 120 valence electrons. The zero-order valence-corrected chi connectivity index (χ0v) is 13.8. The number of hydrogen-bond acceptors (Lipinski definition) is 1. The van der Waals surface area contributed by atoms with Gasteiger partial charge in [-0.15, -0.1) is 0 Å². The maximum absolute atomic E-state index is 10.5. The fourth-order valence-electron chi connectivity index (χ4n) is 2.10. The number of carboxylic acids is 1. The van der Waals surface area contributed by atoms with E-state index in [1.807, 2.05) is 0 Å². The lowest BCUT2D eigenvalue weighted by Crippen LogP contribution is -2.00. The molecule has 0 rings (SSSR count). The molecule has 21 heavy (non-hydrogen) atoms. The van der Waals surface area contributed by atoms with Crippen LogP contribution in [0.5, 0.6) is 0 Å². The van der Waals surface area contributed by atoms with Crippen LogP contribution >= 0.6 is 0 Å². The Morgan fingerprint density at radius 2 is 1.57 bits per heavy atom. The molecule has 2 nitrogen and oxygen atoms in total. The van der Waals surface area contributed by atoms with Gasteiger partial charge < -0.3 is 5.11 Å². The molecular formula is C19H32O2. The average molecular weight is 292 g/mol. The molecule has 0 saturated carbocycles. The van der Waals surface area contributed by atoms with Crippen LogP contribution in [0.4, 0.5) is 0 Å². The van der Waals surface area contributed by atoms with Crippen molar-refractivity contribution < 1.29 is 9.90 Å². The molecule has 1 atom stereocenters. The zero-order chi connectivity index (χ0) is 15.8. The molecule has 0 radical (unpaired) electrons. The molecular weight excluding hydrogens is 260 g/mol. The molecule has 0 amide bonds. The summed E-state index contributed by atoms with van der Waals surface area (Å²) in [5.41, 5.74) is 0. The third-order valence-corrected chi connectivity index (χ3v) is 3.45. The molecule has 0 heterocycles. The first-order valence-electron chi connectivity index (χ1n) is 8.33. The molecule has 0 aromatic heterocycles. The first kappa shape index (κ1) is 19.7. The lowest BCUT2D eigenvalue weighted by Gasteiger charge is -2.08. The second-order valence-electron chi connectivity index (χ2n) is 5.62. The minimum Gasteiger partial charge on any atom is -0.481 e. The van der Waals surface area contributed by atoms with Gasteiger partial charge in [-0.1, -0.05) is 63.1 Å². The van der Waals surface area contributed by atoms with Crippen molar-refractivity contribution in [3.8, 4) is 0 Å². The smallest absolute Gasteiger partial charge is 0.303 e. The van der Waals surface area contributed by atoms with E-state index >= 15 is 0 Å². The minimum absolute atomic E-state index is 0.306. The maximum Gasteiger partial charge on any atom is 0.303 e. The number of allylic oxidation sites excluding steroid dienone is 6. The van der Waals surface area contributed by atoms with Crippen LogP contribution in [0.25, 0.3) is 0 Å². The Balaban J connectivity index is 3.39. The average Bonchev–Trinajstić information content (AvgIpc) is 2.46. The van der Waals surface area contributed by atoms with E-state index in [4.69, 9.17) is 5.11 Å². The van der Waals surface area contributed by atoms with Crippen LogP contribution < -0.4 is 0 Å². The molecule has 0 bridgehead atoms. The predicted octanol–water partition coefficient (Wildman–Crippen LogP) is 5.91. The van der Waals surface area contributed by atoms with Crippen molar-refractivity contribution >= 4 is 5.97 Å². The highest BCUT2D eigenvalue weighted by Crippen LogP contribution is 2.15. The minimum atomic E-state index is -0.678. The Morgan fingerprint density at radius 3 is 2.19 bits per heavy atom. The molecule has 0 aliphatic carbocycles. The third-order valence-electron chi connectivity index (χ3n) is 3.45. The predicted molar refractivity (Wildman–Crippen MR) is 91.4 cm³/mol. The normalized spacial score (nSPS) is 13.6. The monoisotopic (exact) mass is 292 g/mol. The molecule has 2 heteroatoms. The van der Waals surface area contributed by atoms with E-state index in [2.05, 4.69) is 50.3 Å². The summed E-state index contributed by atoms with van der Waals surface area (Å²) in [6.07, 6.45) is 22.3. The van der Waals surface area contributed by atoms with Gasteiger partial charge >= 0.3 is 5.97 Å². The van der Waals surface area contributed by atoms with Crippen molar-refractivity contribution in [2.24, 2.45) is 5.92 Å². The largest absolute Gasteiger partial charge is 0.481 e. The quantitative estimate of drug-likeness (QED) is 0.338. The molecule has 0 aliphatic rings. The van der Waals surface area contributed by atoms with Crippen molar-refractivity contribution in [1.29, 1.82) is 0 Å². The Kier molecular flexibility index (Phi) is 14.1. The Morgan fingerprint density at radius 1 is 0.952 bits per heavy atom. The standard InChI is InChI=1S/C19H32O2/c1-3-4-5-6-7-8-9-10-11-12-13-14-15-18(2)16-17-19(20)21/h4-5,7-8,10-11,18H,3,6,9,12-17H2,1-2H3,(H,20,21)/b5-4-,8-7-,11-10-. The van der Waals surface area contributed by atoms with E-state index in [1.165, 1.54) is 12.8 Å². The van der Waals surface area contributed by atoms with Gasteiger partial charge in [-0.25, -0.2) is 0 Å². The Bertz CT molecular complexity index is 326. The van der Waals surface area contributed by atoms with Gasteiger partial charge in [-0.2, -0.15) is 0 Å². The molecule has 1 unspecified atom stereocenters. The van der Waals surface area contributed by atoms with Crippen molar-refractivity contribution in [3.05, 3.63) is 36.5 Å². The highest BCUT2D eigenvalue weighted by Gasteiger charge is 2.04. The molecule has 0 spiro atoms. The van der Waals surface area contributed by atoms with Crippen LogP contribution in [-0.4, -0.2) is 11.1 Å². The molecule has 0 aliphatic heterocycles. The number of carboxylic acid groups (broad SMARTS) is 1. The van der Waals surface area contributed by atoms with E-state index in [-0.39, 0.29) is 0 Å². The summed E-state index contributed by atoms with van der Waals surface area (Å²) in [5, 5.41) is 8.62. The summed E-state index contributed by atoms with van der Waals surface area (Å²) < 4.78 is 0. The summed E-state index contributed by atoms with van der Waals surface area (Å²) in [7, 11) is 0. The van der Waals surface area contributed by atoms with Gasteiger partial charge in [-0.05, 0) is 44.4 Å². The molecule has 0 saturated heterocycles. The maximum atomic E-state index is 10.5. The summed E-state index contributed by atoms with van der Waals surface area (Å²) >= 11 is 0. The zero-order valence-electron chi connectivity index (χ0n) is 13.8. The summed E-state index contributed by atoms with van der Waals surface area (Å²) in [6.45, 7) is 4.30. The van der Waals surface area contributed by atoms with Gasteiger partial charge in [0, 0.05) is 6.42 Å². The number of hydrogen-bond donors (Lipinski definition) is 1. The molecule has 0 aromatic rings. The fraction of sp³-hybridized carbons (Fsp3) is 0.632. The lowest BCUT2D eigenvalue weighted by molar-refractivity contribution is -0.137. The third kappa shape index (κ3) is 16.6. The molecule has 0 aromatic carbocycles. The van der Waals surface area contributed by atoms with Gasteiger partial charge in [0.05, 0.1) is 0 Å². The number of unbranched alkanes of at least 4 members (excludes halogenated alkanes) is 2. The lowest BCUT2D eigenvalue weighted by atomic mass is 9.98. The Hall–Kier alpha value is -1.31. The first-order chi connectivity index (χ1) is 10.2. The SMILES string of the molecule is CC/C=C\C/C=C\C/C=C\CCCCC(C)CCC(=O)O. The van der Waals surface area contributed by atoms with Crippen molar-refractivity contribution in [2.75, 3.05) is 0 Å². The van der Waals surface area contributed by atoms with Crippen molar-refractivity contribution in [1.82, 2.24) is 0 Å². The van der Waals surface area contributed by atoms with E-state index in [0.717, 1.165) is 38.5 Å². The van der Waals surface area contributed by atoms with E-state index in [9.17, 15) is 4.79 Å². The van der Waals surface area contributed by atoms with Gasteiger partial charge in [0.25, 0.3) is 0 Å². The summed E-state index contributed by atoms with van der Waals surface area (Å²) in [5.74, 6) is -0.146. The number of aliphatic carboxylic acids is 1. The van der Waals surface area contributed by atoms with Gasteiger partial charge in [0.15, 0.2) is 0 Å². The van der Waals surface area contributed by atoms with Crippen LogP contribution in [0.1, 0.15) is 71.6 Å². The van der Waals surface area contributed by atoms with Crippen LogP contribution in [0.2, 0.25) is 0 Å². The fourth-order valence-corrected chi connectivity index (χ4v) is 2.10. The van der Waals surface area contributed by atoms with Gasteiger partial charge in [0.1, 0.15) is 0 Å². The van der Waals surface area contributed by atoms with Crippen LogP contribution in [0.15, 0.2) is 36.5 Å². The van der Waals surface area contributed by atoms with E-state index < -0.39 is 5.97 Å². The van der Waals surface area contributed by atoms with Crippen LogP contribution in [0.3, 0.4) is 0 Å². The van der Waals surface area contributed by atoms with Crippen LogP contribution in [-0.2, 0) is 4.79 Å². The van der Waals surface area contributed by atoms with E-state index in [0.29, 0.717) is 12.3 Å². The number of carbonyl (C=O) groups is 1. The number of rotatable bonds is 13. The summed E-state index contributed by atoms with van der Waals surface area (Å²) in [6, 6.07) is 0. The molecule has 0 fully saturated rings. The van der Waals surface area contributed by atoms with Crippen molar-refractivity contribution in [3.63, 3.8) is 0 Å². The highest BCUT2D eigenvalue weighted by molar-refractivity contribution is 5.66. The van der Waals surface area contributed by atoms with E-state index in [1.54, 1.807) is 0 Å².